The Morgan fingerprint density at radius 3 is 1.74 bits per heavy atom. The number of aliphatic imine (C=N–C) groups is 1. The van der Waals surface area contributed by atoms with E-state index in [1.807, 2.05) is 37.3 Å². The lowest BCUT2D eigenvalue weighted by Gasteiger charge is -2.31. The molecule has 3 aliphatic rings. The number of nitrogens with zero attached hydrogens (tertiary/aromatic N) is 6. The third kappa shape index (κ3) is 39.3. The summed E-state index contributed by atoms with van der Waals surface area (Å²) in [5, 5.41) is 61.5. The smallest absolute Gasteiger partial charge is 0.245 e. The van der Waals surface area contributed by atoms with Gasteiger partial charge in [0.1, 0.15) is 66.5 Å². The highest BCUT2D eigenvalue weighted by Crippen LogP contribution is 2.26. The highest BCUT2D eigenvalue weighted by atomic mass is 33.1. The maximum Gasteiger partial charge on any atom is 0.245 e. The fraction of sp³-hybridized carbons (Fsp3) is 0.667. The molecule has 0 aliphatic carbocycles. The number of primary amides is 1. The topological polar surface area (TPSA) is 726 Å². The third-order valence-electron chi connectivity index (χ3n) is 19.6. The van der Waals surface area contributed by atoms with Crippen LogP contribution < -0.4 is 108 Å². The molecule has 3 fully saturated rings. The maximum atomic E-state index is 14.9. The van der Waals surface area contributed by atoms with Gasteiger partial charge >= 0.3 is 0 Å². The number of aliphatic hydroxyl groups excluding tert-OH is 2. The normalized spacial score (nSPS) is 18.7. The van der Waals surface area contributed by atoms with E-state index in [4.69, 9.17) is 34.2 Å². The number of carbonyl (C=O) groups is 18. The number of hydrogen-bond donors (Lipinski definition) is 22. The van der Waals surface area contributed by atoms with Gasteiger partial charge < -0.3 is 128 Å². The second-order valence-electron chi connectivity index (χ2n) is 29.8. The van der Waals surface area contributed by atoms with E-state index in [9.17, 15) is 96.5 Å². The van der Waals surface area contributed by atoms with Crippen LogP contribution in [0.15, 0.2) is 40.4 Å². The monoisotopic (exact) mass is 1770 g/mol. The summed E-state index contributed by atoms with van der Waals surface area (Å²) in [6.07, 6.45) is 3.80. The number of benzene rings is 1. The zero-order chi connectivity index (χ0) is 90.9. The van der Waals surface area contributed by atoms with Gasteiger partial charge in [0.15, 0.2) is 5.96 Å². The minimum Gasteiger partial charge on any atom is -0.394 e. The van der Waals surface area contributed by atoms with Gasteiger partial charge in [0, 0.05) is 55.6 Å². The minimum absolute atomic E-state index is 0.00223. The predicted octanol–water partition coefficient (Wildman–Crippen LogP) is -7.86. The number of nitrogens with one attached hydrogen (secondary N) is 15. The molecule has 0 aromatic heterocycles. The molecule has 18 amide bonds. The predicted molar refractivity (Wildman–Crippen MR) is 450 cm³/mol. The van der Waals surface area contributed by atoms with Gasteiger partial charge in [-0.15, -0.1) is 0 Å². The Kier molecular flexibility index (Phi) is 48.4. The number of unbranched alkanes of at least 4 members (excludes halogenated alkanes) is 3. The maximum absolute atomic E-state index is 14.9. The molecule has 0 saturated carbocycles. The van der Waals surface area contributed by atoms with Crippen LogP contribution in [0.5, 0.6) is 0 Å². The Morgan fingerprint density at radius 2 is 1.12 bits per heavy atom. The van der Waals surface area contributed by atoms with Crippen molar-refractivity contribution in [3.63, 3.8) is 0 Å². The Hall–Kier alpha value is -11.2. The van der Waals surface area contributed by atoms with Crippen molar-refractivity contribution in [2.45, 2.75) is 215 Å². The summed E-state index contributed by atoms with van der Waals surface area (Å²) in [4.78, 5) is 254. The average molecular weight is 1770 g/mol. The van der Waals surface area contributed by atoms with Gasteiger partial charge in [-0.2, -0.15) is 0 Å². The molecule has 123 heavy (non-hydrogen) atoms. The van der Waals surface area contributed by atoms with Gasteiger partial charge in [-0.05, 0) is 120 Å². The van der Waals surface area contributed by atoms with Crippen LogP contribution in [0.25, 0.3) is 10.4 Å². The molecule has 3 saturated heterocycles. The Balaban J connectivity index is 1.47. The molecule has 0 bridgehead atoms. The average Bonchev–Trinajstić information content (AvgIpc) is 1.71. The number of nitrogens with two attached hydrogens (primary N) is 5. The first-order chi connectivity index (χ1) is 58.7. The van der Waals surface area contributed by atoms with E-state index in [1.54, 1.807) is 13.8 Å². The standard InChI is InChI=1S/C75H122N26O20S2/c1-4-5-19-46(64(111)82-30-26-44-16-7-6-8-17-44)93-72(119)55-22-14-31-100(55)62(109)38-88-65(112)47(20-9-11-27-76)91-70(117)53-41-122-123-42-54(71(118)95-50(33-43(2)3)67(114)96-52(40-103)69(116)97-53)98-73(120)56-23-15-32-101(56)74(121)49(21-13-28-83-75(79)80)94-66(113)48(24-25-57(78)104)92-68(115)51(39-102)90-61(108)37-86-59(106)35-84-58(105)34-85-60(107)36-87-63(110)45(77)18-10-12-29-89-99-81/h6-8,16-17,43,45-56,102-103H,4-5,9-15,18-42,76-77H2,1-3H3,(H2,78,104)(H,82,111)(H,84,105)(H,85,107)(H,86,106)(H,87,110)(H,88,112)(H,90,108)(H,91,117)(H,92,115)(H,93,119)(H,94,113)(H,95,118)(H,96,114)(H,97,116)(H,98,120)(H4,79,80,83)/t45-,46+,47-,48-,49-,50-,51-,52-,53-,54-,55-,56-/m0/s1. The van der Waals surface area contributed by atoms with Crippen molar-refractivity contribution in [2.75, 3.05) is 96.7 Å². The van der Waals surface area contributed by atoms with Crippen LogP contribution >= 0.6 is 21.6 Å². The molecule has 1 aromatic rings. The molecule has 48 heteroatoms. The number of guanidine groups is 1. The lowest BCUT2D eigenvalue weighted by Crippen LogP contribution is -2.61. The summed E-state index contributed by atoms with van der Waals surface area (Å²) < 4.78 is 0. The minimum atomic E-state index is -1.82. The van der Waals surface area contributed by atoms with Crippen LogP contribution in [-0.2, 0) is 92.7 Å². The summed E-state index contributed by atoms with van der Waals surface area (Å²) in [6.45, 7) is 0.752. The Morgan fingerprint density at radius 1 is 0.569 bits per heavy atom. The van der Waals surface area contributed by atoms with E-state index >= 15 is 0 Å². The van der Waals surface area contributed by atoms with E-state index < -0.39 is 232 Å². The zero-order valence-corrected chi connectivity index (χ0v) is 71.2. The molecule has 0 radical (unpaired) electrons. The molecule has 4 rings (SSSR count). The summed E-state index contributed by atoms with van der Waals surface area (Å²) in [5.41, 5.74) is 37.6. The number of hydrogen-bond acceptors (Lipinski definition) is 26. The van der Waals surface area contributed by atoms with E-state index in [0.717, 1.165) is 38.5 Å². The molecule has 27 N–H and O–H groups in total. The van der Waals surface area contributed by atoms with Gasteiger partial charge in [-0.1, -0.05) is 97.1 Å². The number of azide groups is 1. The van der Waals surface area contributed by atoms with Crippen LogP contribution in [0.2, 0.25) is 0 Å². The fourth-order valence-electron chi connectivity index (χ4n) is 12.9. The van der Waals surface area contributed by atoms with Crippen molar-refractivity contribution in [2.24, 2.45) is 44.7 Å². The van der Waals surface area contributed by atoms with Gasteiger partial charge in [0.05, 0.1) is 52.0 Å². The molecule has 3 heterocycles. The summed E-state index contributed by atoms with van der Waals surface area (Å²) in [6, 6.07) is -7.23. The van der Waals surface area contributed by atoms with Crippen molar-refractivity contribution in [3.8, 4) is 0 Å². The summed E-state index contributed by atoms with van der Waals surface area (Å²) in [5.74, 6) is -16.6. The molecule has 12 atom stereocenters. The molecule has 46 nitrogen and oxygen atoms in total. The Labute approximate surface area is 719 Å². The van der Waals surface area contributed by atoms with Crippen LogP contribution in [0, 0.1) is 5.92 Å². The first-order valence-corrected chi connectivity index (χ1v) is 43.5. The first-order valence-electron chi connectivity index (χ1n) is 41.0. The molecule has 3 aliphatic heterocycles. The lowest BCUT2D eigenvalue weighted by molar-refractivity contribution is -0.142. The van der Waals surface area contributed by atoms with Crippen LogP contribution in [0.3, 0.4) is 0 Å². The van der Waals surface area contributed by atoms with Gasteiger partial charge in [0.2, 0.25) is 106 Å². The summed E-state index contributed by atoms with van der Waals surface area (Å²) >= 11 is 0. The third-order valence-corrected chi connectivity index (χ3v) is 22.0. The van der Waals surface area contributed by atoms with Crippen molar-refractivity contribution in [1.82, 2.24) is 89.6 Å². The molecular weight excluding hydrogens is 1650 g/mol. The largest absolute Gasteiger partial charge is 0.394 e. The van der Waals surface area contributed by atoms with E-state index in [0.29, 0.717) is 57.9 Å². The van der Waals surface area contributed by atoms with Gasteiger partial charge in [-0.3, -0.25) is 91.3 Å². The quantitative estimate of drug-likeness (QED) is 0.00548. The first kappa shape index (κ1) is 104. The SMILES string of the molecule is CCCC[C@@H](NC(=O)[C@@H]1CCCN1C(=O)CNC(=O)[C@H](CCCCN)NC(=O)[C@@H]1CSSC[C@H](NC(=O)[C@@H]2CCCN2C(=O)[C@H](CCCN=C(N)N)NC(=O)[C@H](CCC(N)=O)NC(=O)[C@H](CO)NC(=O)CNC(=O)CNC(=O)CNC(=O)CNC(=O)[C@@H](N)CCCCN=[N+]=[N-])C(=O)N[C@@H](CC(C)C)C(=O)N[C@@H](CO)C(=O)N1)C(=O)NCCc1ccccc1. The molecular formula is C75H122N26O20S2. The zero-order valence-electron chi connectivity index (χ0n) is 69.6. The second-order valence-corrected chi connectivity index (χ2v) is 32.4. The van der Waals surface area contributed by atoms with E-state index in [-0.39, 0.29) is 113 Å². The molecule has 1 aromatic carbocycles. The van der Waals surface area contributed by atoms with E-state index in [1.165, 1.54) is 4.90 Å². The molecule has 0 spiro atoms. The Bertz CT molecular complexity index is 3830. The molecule has 0 unspecified atom stereocenters. The van der Waals surface area contributed by atoms with Crippen molar-refractivity contribution in [1.29, 1.82) is 0 Å². The number of rotatable bonds is 51. The van der Waals surface area contributed by atoms with Crippen molar-refractivity contribution < 1.29 is 96.5 Å². The van der Waals surface area contributed by atoms with Crippen molar-refractivity contribution >= 4 is 134 Å². The van der Waals surface area contributed by atoms with Gasteiger partial charge in [-0.25, -0.2) is 0 Å². The number of carbonyl (C=O) groups excluding carboxylic acids is 18. The second kappa shape index (κ2) is 57.2. The lowest BCUT2D eigenvalue weighted by atomic mass is 10.0. The highest BCUT2D eigenvalue weighted by molar-refractivity contribution is 8.76. The van der Waals surface area contributed by atoms with Gasteiger partial charge in [0.25, 0.3) is 0 Å². The van der Waals surface area contributed by atoms with Crippen LogP contribution in [0.1, 0.15) is 142 Å². The van der Waals surface area contributed by atoms with Crippen LogP contribution in [0.4, 0.5) is 0 Å². The van der Waals surface area contributed by atoms with Crippen molar-refractivity contribution in [3.05, 3.63) is 46.3 Å². The molecule has 684 valence electrons. The highest BCUT2D eigenvalue weighted by Gasteiger charge is 2.42. The number of amides is 18. The number of aliphatic hydroxyl groups is 2. The van der Waals surface area contributed by atoms with Crippen LogP contribution in [-0.4, -0.2) is 302 Å². The fourth-order valence-corrected chi connectivity index (χ4v) is 15.3. The summed E-state index contributed by atoms with van der Waals surface area (Å²) in [7, 11) is 1.87. The number of likely N-dealkylation sites (tertiary alicyclic amines) is 2. The van der Waals surface area contributed by atoms with E-state index in [2.05, 4.69) is 94.8 Å².